The van der Waals surface area contributed by atoms with Crippen LogP contribution >= 0.6 is 0 Å². The minimum absolute atomic E-state index is 0.606. The molecule has 1 rings (SSSR count). The van der Waals surface area contributed by atoms with Crippen molar-refractivity contribution in [2.24, 2.45) is 5.73 Å². The van der Waals surface area contributed by atoms with Gasteiger partial charge in [-0.1, -0.05) is 17.7 Å². The smallest absolute Gasteiger partial charge is 0.0409 e. The molecule has 96 valence electrons. The second-order valence-electron chi connectivity index (χ2n) is 4.91. The molecule has 0 saturated carbocycles. The van der Waals surface area contributed by atoms with Crippen LogP contribution in [0.2, 0.25) is 0 Å². The Morgan fingerprint density at radius 3 is 2.41 bits per heavy atom. The molecule has 0 unspecified atom stereocenters. The highest BCUT2D eigenvalue weighted by Gasteiger charge is 2.06. The Kier molecular flexibility index (Phi) is 5.45. The Hall–Kier alpha value is -1.06. The van der Waals surface area contributed by atoms with Crippen molar-refractivity contribution in [1.82, 2.24) is 4.90 Å². The van der Waals surface area contributed by atoms with Crippen LogP contribution in [0.3, 0.4) is 0 Å². The van der Waals surface area contributed by atoms with E-state index in [0.717, 1.165) is 13.1 Å². The second-order valence-corrected chi connectivity index (χ2v) is 4.91. The van der Waals surface area contributed by atoms with Crippen LogP contribution in [0, 0.1) is 6.92 Å². The molecule has 3 heteroatoms. The average molecular weight is 235 g/mol. The summed E-state index contributed by atoms with van der Waals surface area (Å²) in [7, 11) is 6.36. The molecular weight excluding hydrogens is 210 g/mol. The first kappa shape index (κ1) is 14.0. The Bertz CT molecular complexity index is 347. The molecule has 0 aliphatic heterocycles. The Morgan fingerprint density at radius 1 is 1.12 bits per heavy atom. The fraction of sp³-hybridized carbons (Fsp3) is 0.571. The standard InChI is InChI=1S/C14H25N3/c1-12-6-7-14(13(10-12)11-15)17(4)9-5-8-16(2)3/h6-7,10H,5,8-9,11,15H2,1-4H3. The van der Waals surface area contributed by atoms with E-state index in [4.69, 9.17) is 5.73 Å². The van der Waals surface area contributed by atoms with Gasteiger partial charge in [0.2, 0.25) is 0 Å². The first-order valence-electron chi connectivity index (χ1n) is 6.20. The summed E-state index contributed by atoms with van der Waals surface area (Å²) in [4.78, 5) is 4.51. The predicted octanol–water partition coefficient (Wildman–Crippen LogP) is 1.84. The van der Waals surface area contributed by atoms with Crippen molar-refractivity contribution < 1.29 is 0 Å². The van der Waals surface area contributed by atoms with Crippen molar-refractivity contribution >= 4 is 5.69 Å². The van der Waals surface area contributed by atoms with Crippen LogP contribution in [0.1, 0.15) is 17.5 Å². The minimum atomic E-state index is 0.606. The molecule has 0 aliphatic rings. The number of benzene rings is 1. The van der Waals surface area contributed by atoms with Gasteiger partial charge in [-0.15, -0.1) is 0 Å². The third-order valence-corrected chi connectivity index (χ3v) is 2.97. The molecule has 1 aromatic rings. The summed E-state index contributed by atoms with van der Waals surface area (Å²) in [5, 5.41) is 0. The lowest BCUT2D eigenvalue weighted by atomic mass is 10.1. The van der Waals surface area contributed by atoms with Gasteiger partial charge in [-0.05, 0) is 45.6 Å². The SMILES string of the molecule is Cc1ccc(N(C)CCCN(C)C)c(CN)c1. The molecule has 2 N–H and O–H groups in total. The van der Waals surface area contributed by atoms with E-state index >= 15 is 0 Å². The highest BCUT2D eigenvalue weighted by Crippen LogP contribution is 2.20. The average Bonchev–Trinajstić information content (AvgIpc) is 2.28. The van der Waals surface area contributed by atoms with E-state index < -0.39 is 0 Å². The number of rotatable bonds is 6. The number of aryl methyl sites for hydroxylation is 1. The van der Waals surface area contributed by atoms with Crippen LogP contribution in [0.15, 0.2) is 18.2 Å². The van der Waals surface area contributed by atoms with Crippen LogP contribution in [-0.2, 0) is 6.54 Å². The van der Waals surface area contributed by atoms with Gasteiger partial charge >= 0.3 is 0 Å². The maximum Gasteiger partial charge on any atom is 0.0409 e. The molecule has 0 fully saturated rings. The maximum atomic E-state index is 5.80. The van der Waals surface area contributed by atoms with E-state index in [2.05, 4.69) is 56.1 Å². The minimum Gasteiger partial charge on any atom is -0.374 e. The van der Waals surface area contributed by atoms with Crippen LogP contribution in [0.25, 0.3) is 0 Å². The fourth-order valence-corrected chi connectivity index (χ4v) is 1.99. The van der Waals surface area contributed by atoms with E-state index in [-0.39, 0.29) is 0 Å². The summed E-state index contributed by atoms with van der Waals surface area (Å²) < 4.78 is 0. The number of nitrogens with zero attached hydrogens (tertiary/aromatic N) is 2. The normalized spacial score (nSPS) is 10.9. The summed E-state index contributed by atoms with van der Waals surface area (Å²) in [6.07, 6.45) is 1.17. The van der Waals surface area contributed by atoms with Crippen molar-refractivity contribution in [1.29, 1.82) is 0 Å². The van der Waals surface area contributed by atoms with Crippen molar-refractivity contribution in [3.63, 3.8) is 0 Å². The number of anilines is 1. The summed E-state index contributed by atoms with van der Waals surface area (Å²) in [6.45, 7) is 4.90. The quantitative estimate of drug-likeness (QED) is 0.816. The van der Waals surface area contributed by atoms with Gasteiger partial charge in [0.25, 0.3) is 0 Å². The largest absolute Gasteiger partial charge is 0.374 e. The first-order chi connectivity index (χ1) is 8.04. The van der Waals surface area contributed by atoms with E-state index in [1.807, 2.05) is 0 Å². The summed E-state index contributed by atoms with van der Waals surface area (Å²) in [5.74, 6) is 0. The molecule has 0 amide bonds. The third-order valence-electron chi connectivity index (χ3n) is 2.97. The molecule has 1 aromatic carbocycles. The van der Waals surface area contributed by atoms with E-state index in [1.165, 1.54) is 23.2 Å². The lowest BCUT2D eigenvalue weighted by Gasteiger charge is -2.23. The number of hydrogen-bond donors (Lipinski definition) is 1. The molecule has 17 heavy (non-hydrogen) atoms. The summed E-state index contributed by atoms with van der Waals surface area (Å²) >= 11 is 0. The molecule has 0 aromatic heterocycles. The molecular formula is C14H25N3. The van der Waals surface area contributed by atoms with Crippen LogP contribution in [0.5, 0.6) is 0 Å². The molecule has 0 aliphatic carbocycles. The van der Waals surface area contributed by atoms with Crippen molar-refractivity contribution in [3.8, 4) is 0 Å². The zero-order chi connectivity index (χ0) is 12.8. The van der Waals surface area contributed by atoms with Gasteiger partial charge in [-0.3, -0.25) is 0 Å². The van der Waals surface area contributed by atoms with Gasteiger partial charge in [0, 0.05) is 25.8 Å². The molecule has 0 saturated heterocycles. The highest BCUT2D eigenvalue weighted by molar-refractivity contribution is 5.54. The van der Waals surface area contributed by atoms with Gasteiger partial charge in [0.1, 0.15) is 0 Å². The van der Waals surface area contributed by atoms with E-state index in [0.29, 0.717) is 6.54 Å². The molecule has 0 atom stereocenters. The molecule has 0 radical (unpaired) electrons. The van der Waals surface area contributed by atoms with Gasteiger partial charge in [-0.25, -0.2) is 0 Å². The topological polar surface area (TPSA) is 32.5 Å². The Morgan fingerprint density at radius 2 is 1.82 bits per heavy atom. The maximum absolute atomic E-state index is 5.80. The van der Waals surface area contributed by atoms with E-state index in [9.17, 15) is 0 Å². The summed E-state index contributed by atoms with van der Waals surface area (Å²) in [5.41, 5.74) is 9.57. The molecule has 0 bridgehead atoms. The zero-order valence-corrected chi connectivity index (χ0v) is 11.5. The highest BCUT2D eigenvalue weighted by atomic mass is 15.1. The van der Waals surface area contributed by atoms with Crippen LogP contribution < -0.4 is 10.6 Å². The van der Waals surface area contributed by atoms with Crippen LogP contribution in [0.4, 0.5) is 5.69 Å². The third kappa shape index (κ3) is 4.36. The van der Waals surface area contributed by atoms with Crippen LogP contribution in [-0.4, -0.2) is 39.1 Å². The predicted molar refractivity (Wildman–Crippen MR) is 75.5 cm³/mol. The second kappa shape index (κ2) is 6.62. The van der Waals surface area contributed by atoms with Crippen molar-refractivity contribution in [3.05, 3.63) is 29.3 Å². The number of hydrogen-bond acceptors (Lipinski definition) is 3. The van der Waals surface area contributed by atoms with Crippen molar-refractivity contribution in [2.45, 2.75) is 19.9 Å². The zero-order valence-electron chi connectivity index (χ0n) is 11.5. The molecule has 0 heterocycles. The monoisotopic (exact) mass is 235 g/mol. The van der Waals surface area contributed by atoms with E-state index in [1.54, 1.807) is 0 Å². The number of nitrogens with two attached hydrogens (primary N) is 1. The Balaban J connectivity index is 2.64. The van der Waals surface area contributed by atoms with Gasteiger partial charge in [0.15, 0.2) is 0 Å². The van der Waals surface area contributed by atoms with Crippen molar-refractivity contribution in [2.75, 3.05) is 39.1 Å². The van der Waals surface area contributed by atoms with Gasteiger partial charge < -0.3 is 15.5 Å². The van der Waals surface area contributed by atoms with Gasteiger partial charge in [0.05, 0.1) is 0 Å². The van der Waals surface area contributed by atoms with Gasteiger partial charge in [-0.2, -0.15) is 0 Å². The first-order valence-corrected chi connectivity index (χ1v) is 6.20. The summed E-state index contributed by atoms with van der Waals surface area (Å²) in [6, 6.07) is 6.50. The lowest BCUT2D eigenvalue weighted by molar-refractivity contribution is 0.401. The Labute approximate surface area is 105 Å². The molecule has 3 nitrogen and oxygen atoms in total. The fourth-order valence-electron chi connectivity index (χ4n) is 1.99. The lowest BCUT2D eigenvalue weighted by Crippen LogP contribution is -2.24. The molecule has 0 spiro atoms.